The molecule has 0 spiro atoms. The topological polar surface area (TPSA) is 53.6 Å². The summed E-state index contributed by atoms with van der Waals surface area (Å²) in [5, 5.41) is 0. The van der Waals surface area contributed by atoms with Gasteiger partial charge in [-0.2, -0.15) is 0 Å². The molecule has 1 aromatic carbocycles. The second-order valence-corrected chi connectivity index (χ2v) is 4.16. The molecule has 1 aromatic rings. The van der Waals surface area contributed by atoms with Crippen LogP contribution in [0.5, 0.6) is 0 Å². The third-order valence-electron chi connectivity index (χ3n) is 2.82. The molecule has 17 heavy (non-hydrogen) atoms. The van der Waals surface area contributed by atoms with E-state index in [4.69, 9.17) is 5.84 Å². The van der Waals surface area contributed by atoms with Crippen LogP contribution in [0.2, 0.25) is 0 Å². The zero-order valence-electron chi connectivity index (χ0n) is 10.9. The Kier molecular flexibility index (Phi) is 5.49. The van der Waals surface area contributed by atoms with Gasteiger partial charge in [-0.1, -0.05) is 31.5 Å². The average molecular weight is 234 g/mol. The Morgan fingerprint density at radius 1 is 1.41 bits per heavy atom. The normalized spacial score (nSPS) is 13.3. The minimum absolute atomic E-state index is 0.415. The molecule has 0 aliphatic heterocycles. The van der Waals surface area contributed by atoms with Gasteiger partial charge in [-0.25, -0.2) is 10.8 Å². The lowest BCUT2D eigenvalue weighted by Gasteiger charge is -2.27. The predicted octanol–water partition coefficient (Wildman–Crippen LogP) is 2.26. The number of guanidine groups is 1. The molecule has 4 heteroatoms. The minimum atomic E-state index is 0.415. The molecule has 1 atom stereocenters. The van der Waals surface area contributed by atoms with Crippen LogP contribution >= 0.6 is 0 Å². The molecule has 0 bridgehead atoms. The van der Waals surface area contributed by atoms with Crippen LogP contribution in [0.15, 0.2) is 35.3 Å². The molecule has 0 aliphatic rings. The van der Waals surface area contributed by atoms with Crippen molar-refractivity contribution in [3.8, 4) is 0 Å². The van der Waals surface area contributed by atoms with Crippen LogP contribution in [0.25, 0.3) is 0 Å². The third-order valence-corrected chi connectivity index (χ3v) is 2.82. The van der Waals surface area contributed by atoms with E-state index in [0.29, 0.717) is 12.0 Å². The Hall–Kier alpha value is -1.55. The van der Waals surface area contributed by atoms with E-state index >= 15 is 0 Å². The zero-order chi connectivity index (χ0) is 12.7. The van der Waals surface area contributed by atoms with Gasteiger partial charge in [0.05, 0.1) is 5.69 Å². The molecule has 94 valence electrons. The number of para-hydroxylation sites is 1. The smallest absolute Gasteiger partial charge is 0.213 e. The number of nitrogens with two attached hydrogens (primary N) is 1. The van der Waals surface area contributed by atoms with Crippen LogP contribution in [0.3, 0.4) is 0 Å². The lowest BCUT2D eigenvalue weighted by Crippen LogP contribution is -2.46. The molecule has 0 aromatic heterocycles. The Balaban J connectivity index is 2.80. The van der Waals surface area contributed by atoms with Gasteiger partial charge in [0.1, 0.15) is 0 Å². The monoisotopic (exact) mass is 234 g/mol. The summed E-state index contributed by atoms with van der Waals surface area (Å²) in [5.41, 5.74) is 3.56. The van der Waals surface area contributed by atoms with Crippen LogP contribution < -0.4 is 11.3 Å². The van der Waals surface area contributed by atoms with E-state index in [-0.39, 0.29) is 0 Å². The van der Waals surface area contributed by atoms with Crippen molar-refractivity contribution in [2.24, 2.45) is 10.8 Å². The number of benzene rings is 1. The molecule has 1 rings (SSSR count). The summed E-state index contributed by atoms with van der Waals surface area (Å²) < 4.78 is 0. The molecule has 4 nitrogen and oxygen atoms in total. The van der Waals surface area contributed by atoms with Crippen molar-refractivity contribution in [2.45, 2.75) is 32.7 Å². The maximum atomic E-state index is 5.53. The first-order valence-corrected chi connectivity index (χ1v) is 6.02. The van der Waals surface area contributed by atoms with Crippen molar-refractivity contribution in [1.82, 2.24) is 10.3 Å². The van der Waals surface area contributed by atoms with Crippen molar-refractivity contribution in [3.05, 3.63) is 30.3 Å². The summed E-state index contributed by atoms with van der Waals surface area (Å²) >= 11 is 0. The summed E-state index contributed by atoms with van der Waals surface area (Å²) in [6, 6.07) is 10.2. The highest BCUT2D eigenvalue weighted by Gasteiger charge is 2.12. The van der Waals surface area contributed by atoms with Crippen LogP contribution in [-0.2, 0) is 0 Å². The first-order chi connectivity index (χ1) is 8.19. The second-order valence-electron chi connectivity index (χ2n) is 4.16. The molecule has 0 radical (unpaired) electrons. The van der Waals surface area contributed by atoms with Gasteiger partial charge in [0.25, 0.3) is 0 Å². The fourth-order valence-corrected chi connectivity index (χ4v) is 1.66. The second kappa shape index (κ2) is 6.91. The number of hydrazine groups is 1. The van der Waals surface area contributed by atoms with Crippen molar-refractivity contribution in [2.75, 3.05) is 7.05 Å². The fraction of sp³-hybridized carbons (Fsp3) is 0.462. The number of rotatable bonds is 4. The van der Waals surface area contributed by atoms with E-state index in [0.717, 1.165) is 18.5 Å². The summed E-state index contributed by atoms with van der Waals surface area (Å²) in [4.78, 5) is 6.55. The number of aliphatic imine (C=N–C) groups is 1. The van der Waals surface area contributed by atoms with E-state index in [2.05, 4.69) is 29.2 Å². The van der Waals surface area contributed by atoms with Gasteiger partial charge >= 0.3 is 0 Å². The molecule has 0 amide bonds. The van der Waals surface area contributed by atoms with E-state index in [1.54, 1.807) is 0 Å². The summed E-state index contributed by atoms with van der Waals surface area (Å²) in [6.07, 6.45) is 2.26. The van der Waals surface area contributed by atoms with Crippen LogP contribution in [0, 0.1) is 0 Å². The average Bonchev–Trinajstić information content (AvgIpc) is 2.36. The Morgan fingerprint density at radius 3 is 2.59 bits per heavy atom. The molecule has 0 fully saturated rings. The first kappa shape index (κ1) is 13.5. The fourth-order valence-electron chi connectivity index (χ4n) is 1.66. The highest BCUT2D eigenvalue weighted by atomic mass is 15.4. The molecule has 3 N–H and O–H groups in total. The van der Waals surface area contributed by atoms with Crippen molar-refractivity contribution in [1.29, 1.82) is 0 Å². The summed E-state index contributed by atoms with van der Waals surface area (Å²) in [6.45, 7) is 4.34. The Bertz CT molecular complexity index is 348. The highest BCUT2D eigenvalue weighted by Crippen LogP contribution is 2.12. The molecular weight excluding hydrogens is 212 g/mol. The van der Waals surface area contributed by atoms with Crippen molar-refractivity contribution < 1.29 is 0 Å². The van der Waals surface area contributed by atoms with Crippen LogP contribution in [0.4, 0.5) is 5.69 Å². The lowest BCUT2D eigenvalue weighted by molar-refractivity contribution is 0.356. The first-order valence-electron chi connectivity index (χ1n) is 6.02. The van der Waals surface area contributed by atoms with Crippen molar-refractivity contribution in [3.63, 3.8) is 0 Å². The lowest BCUT2D eigenvalue weighted by atomic mass is 10.2. The van der Waals surface area contributed by atoms with Gasteiger partial charge in [0, 0.05) is 13.1 Å². The standard InChI is InChI=1S/C13H22N4/c1-4-8-11(2)17(3)13(16-14)15-12-9-6-5-7-10-12/h5-7,9-11H,4,8,14H2,1-3H3,(H,15,16). The minimum Gasteiger partial charge on any atom is -0.342 e. The van der Waals surface area contributed by atoms with E-state index in [9.17, 15) is 0 Å². The molecule has 0 saturated heterocycles. The van der Waals surface area contributed by atoms with E-state index in [1.807, 2.05) is 37.4 Å². The van der Waals surface area contributed by atoms with Gasteiger partial charge < -0.3 is 4.90 Å². The molecule has 0 heterocycles. The van der Waals surface area contributed by atoms with Gasteiger partial charge in [-0.05, 0) is 25.5 Å². The Labute approximate surface area is 104 Å². The van der Waals surface area contributed by atoms with Gasteiger partial charge in [-0.15, -0.1) is 0 Å². The van der Waals surface area contributed by atoms with Crippen LogP contribution in [0.1, 0.15) is 26.7 Å². The summed E-state index contributed by atoms with van der Waals surface area (Å²) in [7, 11) is 2.00. The summed E-state index contributed by atoms with van der Waals surface area (Å²) in [5.74, 6) is 6.22. The SMILES string of the molecule is CCCC(C)N(C)C(=Nc1ccccc1)NN. The third kappa shape index (κ3) is 4.07. The number of hydrogen-bond donors (Lipinski definition) is 2. The number of nitrogens with one attached hydrogen (secondary N) is 1. The molecule has 1 unspecified atom stereocenters. The van der Waals surface area contributed by atoms with Crippen LogP contribution in [-0.4, -0.2) is 23.9 Å². The molecule has 0 saturated carbocycles. The largest absolute Gasteiger partial charge is 0.342 e. The number of nitrogens with zero attached hydrogens (tertiary/aromatic N) is 2. The maximum Gasteiger partial charge on any atom is 0.213 e. The predicted molar refractivity (Wildman–Crippen MR) is 73.0 cm³/mol. The van der Waals surface area contributed by atoms with Gasteiger partial charge in [0.2, 0.25) is 5.96 Å². The zero-order valence-corrected chi connectivity index (χ0v) is 10.9. The van der Waals surface area contributed by atoms with Crippen molar-refractivity contribution >= 4 is 11.6 Å². The number of hydrogen-bond acceptors (Lipinski definition) is 2. The maximum absolute atomic E-state index is 5.53. The van der Waals surface area contributed by atoms with Gasteiger partial charge in [-0.3, -0.25) is 5.43 Å². The van der Waals surface area contributed by atoms with E-state index < -0.39 is 0 Å². The highest BCUT2D eigenvalue weighted by molar-refractivity contribution is 5.82. The Morgan fingerprint density at radius 2 is 2.06 bits per heavy atom. The van der Waals surface area contributed by atoms with Gasteiger partial charge in [0.15, 0.2) is 0 Å². The van der Waals surface area contributed by atoms with E-state index in [1.165, 1.54) is 0 Å². The molecular formula is C13H22N4. The quantitative estimate of drug-likeness (QED) is 0.363. The molecule has 0 aliphatic carbocycles.